The summed E-state index contributed by atoms with van der Waals surface area (Å²) in [5.41, 5.74) is 4.90. The predicted molar refractivity (Wildman–Crippen MR) is 281 cm³/mol. The van der Waals surface area contributed by atoms with Gasteiger partial charge in [-0.3, -0.25) is 9.59 Å². The maximum absolute atomic E-state index is 12.7. The lowest BCUT2D eigenvalue weighted by molar-refractivity contribution is -0.117. The van der Waals surface area contributed by atoms with Crippen LogP contribution in [0.3, 0.4) is 0 Å². The molecule has 68 heavy (non-hydrogen) atoms. The number of ether oxygens (including phenoxy) is 2. The van der Waals surface area contributed by atoms with E-state index in [9.17, 15) is 19.8 Å². The van der Waals surface area contributed by atoms with E-state index < -0.39 is 12.2 Å². The summed E-state index contributed by atoms with van der Waals surface area (Å²) in [5.74, 6) is 1.14. The molecular formula is C56H78N4O6S2. The van der Waals surface area contributed by atoms with Crippen LogP contribution in [0, 0.1) is 31.6 Å². The maximum Gasteiger partial charge on any atom is 0.244 e. The smallest absolute Gasteiger partial charge is 0.244 e. The van der Waals surface area contributed by atoms with Gasteiger partial charge in [-0.15, -0.1) is 22.7 Å². The maximum atomic E-state index is 12.7. The van der Waals surface area contributed by atoms with Crippen molar-refractivity contribution in [3.05, 3.63) is 128 Å². The first-order valence-corrected chi connectivity index (χ1v) is 26.5. The van der Waals surface area contributed by atoms with Crippen LogP contribution in [0.25, 0.3) is 12.2 Å². The Morgan fingerprint density at radius 1 is 0.618 bits per heavy atom. The van der Waals surface area contributed by atoms with Gasteiger partial charge in [-0.2, -0.15) is 0 Å². The van der Waals surface area contributed by atoms with Gasteiger partial charge in [0.2, 0.25) is 11.8 Å². The van der Waals surface area contributed by atoms with Crippen molar-refractivity contribution >= 4 is 46.6 Å². The topological polar surface area (TPSA) is 143 Å². The number of aliphatic hydroxyl groups is 2. The summed E-state index contributed by atoms with van der Waals surface area (Å²) in [6, 6.07) is -0.367. The van der Waals surface area contributed by atoms with Gasteiger partial charge in [-0.25, -0.2) is 9.97 Å². The van der Waals surface area contributed by atoms with Gasteiger partial charge in [-0.1, -0.05) is 93.7 Å². The number of nitrogens with zero attached hydrogens (tertiary/aromatic N) is 2. The number of aromatic nitrogens is 2. The average Bonchev–Trinajstić information content (AvgIpc) is 3.88. The molecule has 370 valence electrons. The van der Waals surface area contributed by atoms with Gasteiger partial charge in [0, 0.05) is 10.8 Å². The summed E-state index contributed by atoms with van der Waals surface area (Å²) >= 11 is 3.22. The van der Waals surface area contributed by atoms with Crippen LogP contribution in [0.5, 0.6) is 0 Å². The molecule has 0 aliphatic carbocycles. The van der Waals surface area contributed by atoms with E-state index in [0.717, 1.165) is 83.1 Å². The van der Waals surface area contributed by atoms with Gasteiger partial charge in [0.1, 0.15) is 0 Å². The van der Waals surface area contributed by atoms with E-state index in [4.69, 9.17) is 9.47 Å². The second-order valence-corrected chi connectivity index (χ2v) is 21.7. The Morgan fingerprint density at radius 2 is 1.07 bits per heavy atom. The highest BCUT2D eigenvalue weighted by Crippen LogP contribution is 2.28. The van der Waals surface area contributed by atoms with Gasteiger partial charge in [-0.05, 0) is 158 Å². The van der Waals surface area contributed by atoms with Crippen molar-refractivity contribution in [3.8, 4) is 0 Å². The molecular weight excluding hydrogens is 889 g/mol. The van der Waals surface area contributed by atoms with Gasteiger partial charge in [0.05, 0.1) is 70.1 Å². The van der Waals surface area contributed by atoms with Crippen molar-refractivity contribution in [2.45, 2.75) is 174 Å². The lowest BCUT2D eigenvalue weighted by Gasteiger charge is -2.28. The summed E-state index contributed by atoms with van der Waals surface area (Å²) in [6.45, 7) is 18.9. The van der Waals surface area contributed by atoms with Crippen molar-refractivity contribution in [1.82, 2.24) is 20.6 Å². The summed E-state index contributed by atoms with van der Waals surface area (Å²) in [4.78, 5) is 34.4. The van der Waals surface area contributed by atoms with Crippen molar-refractivity contribution in [3.63, 3.8) is 0 Å². The highest BCUT2D eigenvalue weighted by atomic mass is 32.1. The predicted octanol–water partition coefficient (Wildman–Crippen LogP) is 11.4. The molecule has 6 rings (SSSR count). The Labute approximate surface area is 414 Å². The molecule has 2 amide bonds. The van der Waals surface area contributed by atoms with Gasteiger partial charge >= 0.3 is 0 Å². The zero-order valence-corrected chi connectivity index (χ0v) is 43.2. The highest BCUT2D eigenvalue weighted by Gasteiger charge is 2.24. The van der Waals surface area contributed by atoms with Crippen LogP contribution in [0.15, 0.2) is 107 Å². The number of fused-ring (bicyclic) bond motifs is 4. The summed E-state index contributed by atoms with van der Waals surface area (Å²) < 4.78 is 12.5. The molecule has 0 spiro atoms. The molecule has 11 atom stereocenters. The second-order valence-electron chi connectivity index (χ2n) is 19.6. The fourth-order valence-corrected chi connectivity index (χ4v) is 10.5. The Hall–Kier alpha value is -4.30. The minimum Gasteiger partial charge on any atom is -0.389 e. The standard InChI is InChI=1S/C28H40N2O3S.C28H38N2O3S/c2*1-19-14-20(2)16-26-11-6-9-25(33-26)10-7-13-28(32)30-27(12-5-8-24(31)15-19)21(3)17-23-18-34-22(4)29-23/h5-9,13,17-20,24-27,31H,10-12,14-16H2,1-4H3,(H,30,32);5-9,13,17-18,20,24-27,31H,1,10-12,14-16H2,2-4H3,(H,30,32)/b2*8-5+,13-7+,21-17+/t19?,20-,24+,25-,26-,27-;20-,24+,25-,26-,27-/m00/s1. The van der Waals surface area contributed by atoms with E-state index in [1.807, 2.05) is 87.1 Å². The molecule has 10 nitrogen and oxygen atoms in total. The highest BCUT2D eigenvalue weighted by molar-refractivity contribution is 7.09. The number of nitrogens with one attached hydrogen (secondary N) is 2. The van der Waals surface area contributed by atoms with Crippen molar-refractivity contribution in [1.29, 1.82) is 0 Å². The van der Waals surface area contributed by atoms with Gasteiger partial charge in [0.15, 0.2) is 0 Å². The van der Waals surface area contributed by atoms with Crippen LogP contribution in [0.1, 0.15) is 133 Å². The first-order valence-electron chi connectivity index (χ1n) is 24.7. The zero-order valence-electron chi connectivity index (χ0n) is 41.5. The monoisotopic (exact) mass is 967 g/mol. The first kappa shape index (κ1) is 54.6. The van der Waals surface area contributed by atoms with Crippen molar-refractivity contribution < 1.29 is 29.3 Å². The molecule has 0 radical (unpaired) electrons. The van der Waals surface area contributed by atoms with Crippen LogP contribution in [0.2, 0.25) is 0 Å². The first-order chi connectivity index (χ1) is 32.6. The molecule has 4 aliphatic rings. The Balaban J connectivity index is 0.000000254. The fraction of sp³-hybridized carbons (Fsp3) is 0.536. The zero-order chi connectivity index (χ0) is 49.0. The van der Waals surface area contributed by atoms with Crippen LogP contribution >= 0.6 is 22.7 Å². The SMILES string of the molecule is C/C(=C\c1csc(C)n1)[C@@H]1C/C=C/[C@@H](O)CC(C)C[C@H](C)C[C@@H]2CC=C[C@@H](C/C=C/C(=O)N1)O2.C=C1C[C@H](C)C[C@@H]2CC=C[C@@H](C/C=C/C(=O)N[C@H](/C(C)=C/c3csc(C)n3)C/C=C/[C@@H](O)C1)O2. The third-order valence-electron chi connectivity index (χ3n) is 12.6. The summed E-state index contributed by atoms with van der Waals surface area (Å²) in [5, 5.41) is 33.4. The number of carbonyl (C=O) groups excluding carboxylic acids is 2. The van der Waals surface area contributed by atoms with E-state index in [1.165, 1.54) is 0 Å². The van der Waals surface area contributed by atoms with Gasteiger partial charge < -0.3 is 30.3 Å². The Morgan fingerprint density at radius 3 is 1.56 bits per heavy atom. The number of carbonyl (C=O) groups is 2. The number of hydrogen-bond acceptors (Lipinski definition) is 10. The average molecular weight is 967 g/mol. The van der Waals surface area contributed by atoms with E-state index in [2.05, 4.69) is 72.3 Å². The molecule has 0 saturated heterocycles. The quantitative estimate of drug-likeness (QED) is 0.222. The fourth-order valence-electron chi connectivity index (χ4n) is 9.40. The molecule has 4 N–H and O–H groups in total. The van der Waals surface area contributed by atoms with Crippen LogP contribution < -0.4 is 10.6 Å². The minimum absolute atomic E-state index is 0.00725. The molecule has 0 saturated carbocycles. The Kier molecular flexibility index (Phi) is 22.8. The minimum atomic E-state index is -0.585. The lowest BCUT2D eigenvalue weighted by Crippen LogP contribution is -2.34. The molecule has 12 heteroatoms. The van der Waals surface area contributed by atoms with Gasteiger partial charge in [0.25, 0.3) is 0 Å². The molecule has 4 aliphatic heterocycles. The number of hydrogen-bond donors (Lipinski definition) is 4. The molecule has 0 aromatic carbocycles. The Bertz CT molecular complexity index is 2180. The van der Waals surface area contributed by atoms with Crippen molar-refractivity contribution in [2.24, 2.45) is 17.8 Å². The molecule has 1 unspecified atom stereocenters. The summed E-state index contributed by atoms with van der Waals surface area (Å²) in [7, 11) is 0. The molecule has 2 aromatic heterocycles. The normalized spacial score (nSPS) is 33.0. The van der Waals surface area contributed by atoms with Crippen LogP contribution in [-0.4, -0.2) is 80.7 Å². The van der Waals surface area contributed by atoms with Crippen LogP contribution in [0.4, 0.5) is 0 Å². The number of rotatable bonds is 4. The number of aryl methyl sites for hydroxylation is 2. The van der Waals surface area contributed by atoms with E-state index in [0.29, 0.717) is 49.9 Å². The summed E-state index contributed by atoms with van der Waals surface area (Å²) in [6.07, 6.45) is 36.2. The molecule has 4 bridgehead atoms. The largest absolute Gasteiger partial charge is 0.389 e. The van der Waals surface area contributed by atoms with E-state index in [1.54, 1.807) is 34.8 Å². The number of aliphatic hydroxyl groups excluding tert-OH is 2. The molecule has 2 aromatic rings. The second kappa shape index (κ2) is 28.4. The lowest BCUT2D eigenvalue weighted by atomic mass is 9.88. The third kappa shape index (κ3) is 20.3. The van der Waals surface area contributed by atoms with E-state index >= 15 is 0 Å². The van der Waals surface area contributed by atoms with E-state index in [-0.39, 0.29) is 48.3 Å². The number of thiazole rings is 2. The molecule has 6 heterocycles. The molecule has 0 fully saturated rings. The third-order valence-corrected chi connectivity index (χ3v) is 14.2. The number of amides is 2. The van der Waals surface area contributed by atoms with Crippen molar-refractivity contribution in [2.75, 3.05) is 0 Å². The van der Waals surface area contributed by atoms with Crippen LogP contribution in [-0.2, 0) is 19.1 Å².